The van der Waals surface area contributed by atoms with Gasteiger partial charge in [0, 0.05) is 26.2 Å². The van der Waals surface area contributed by atoms with Crippen LogP contribution in [-0.2, 0) is 13.6 Å². The van der Waals surface area contributed by atoms with Gasteiger partial charge in [-0.3, -0.25) is 9.58 Å². The Morgan fingerprint density at radius 2 is 2.12 bits per heavy atom. The highest BCUT2D eigenvalue weighted by molar-refractivity contribution is 9.10. The normalized spacial score (nSPS) is 16.2. The zero-order chi connectivity index (χ0) is 12.6. The van der Waals surface area contributed by atoms with E-state index in [1.54, 1.807) is 0 Å². The molecule has 1 heterocycles. The first-order chi connectivity index (χ1) is 7.99. The molecule has 1 aliphatic rings. The lowest BCUT2D eigenvalue weighted by molar-refractivity contribution is 0.198. The first-order valence-corrected chi connectivity index (χ1v) is 7.20. The van der Waals surface area contributed by atoms with E-state index in [0.717, 1.165) is 18.2 Å². The third kappa shape index (κ3) is 3.10. The van der Waals surface area contributed by atoms with E-state index in [4.69, 9.17) is 0 Å². The lowest BCUT2D eigenvalue weighted by atomic mass is 10.2. The summed E-state index contributed by atoms with van der Waals surface area (Å²) in [6.07, 6.45) is 2.82. The second kappa shape index (κ2) is 5.11. The first kappa shape index (κ1) is 13.1. The Labute approximate surface area is 112 Å². The predicted molar refractivity (Wildman–Crippen MR) is 73.9 cm³/mol. The molecule has 0 bridgehead atoms. The SMILES string of the molecule is Cc1nn(C)c(CN(CC2CC2)C(C)C)c1Br. The molecule has 4 heteroatoms. The average Bonchev–Trinajstić information content (AvgIpc) is 3.02. The van der Waals surface area contributed by atoms with E-state index in [1.807, 2.05) is 18.7 Å². The molecule has 1 aliphatic carbocycles. The van der Waals surface area contributed by atoms with Gasteiger partial charge in [-0.05, 0) is 55.5 Å². The van der Waals surface area contributed by atoms with Gasteiger partial charge in [-0.25, -0.2) is 0 Å². The molecule has 17 heavy (non-hydrogen) atoms. The Kier molecular flexibility index (Phi) is 3.93. The summed E-state index contributed by atoms with van der Waals surface area (Å²) in [5, 5.41) is 4.46. The van der Waals surface area contributed by atoms with Crippen molar-refractivity contribution in [3.63, 3.8) is 0 Å². The number of aromatic nitrogens is 2. The standard InChI is InChI=1S/C13H22BrN3/c1-9(2)17(7-11-5-6-11)8-12-13(14)10(3)15-16(12)4/h9,11H,5-8H2,1-4H3. The van der Waals surface area contributed by atoms with E-state index in [9.17, 15) is 0 Å². The molecule has 0 amide bonds. The van der Waals surface area contributed by atoms with Gasteiger partial charge < -0.3 is 0 Å². The zero-order valence-corrected chi connectivity index (χ0v) is 12.8. The van der Waals surface area contributed by atoms with Crippen molar-refractivity contribution in [1.82, 2.24) is 14.7 Å². The molecule has 1 aromatic rings. The first-order valence-electron chi connectivity index (χ1n) is 6.41. The van der Waals surface area contributed by atoms with Crippen LogP contribution >= 0.6 is 15.9 Å². The maximum atomic E-state index is 4.46. The lowest BCUT2D eigenvalue weighted by Crippen LogP contribution is -2.33. The number of hydrogen-bond acceptors (Lipinski definition) is 2. The van der Waals surface area contributed by atoms with E-state index >= 15 is 0 Å². The van der Waals surface area contributed by atoms with E-state index in [-0.39, 0.29) is 0 Å². The summed E-state index contributed by atoms with van der Waals surface area (Å²) in [7, 11) is 2.03. The van der Waals surface area contributed by atoms with Crippen LogP contribution in [0.25, 0.3) is 0 Å². The fourth-order valence-electron chi connectivity index (χ4n) is 2.13. The summed E-state index contributed by atoms with van der Waals surface area (Å²) < 4.78 is 3.17. The Morgan fingerprint density at radius 3 is 2.53 bits per heavy atom. The van der Waals surface area contributed by atoms with Gasteiger partial charge in [0.1, 0.15) is 0 Å². The van der Waals surface area contributed by atoms with Crippen LogP contribution in [0.5, 0.6) is 0 Å². The highest BCUT2D eigenvalue weighted by Gasteiger charge is 2.26. The number of hydrogen-bond donors (Lipinski definition) is 0. The minimum atomic E-state index is 0.595. The maximum absolute atomic E-state index is 4.46. The summed E-state index contributed by atoms with van der Waals surface area (Å²) in [5.41, 5.74) is 2.37. The van der Waals surface area contributed by atoms with Gasteiger partial charge in [0.15, 0.2) is 0 Å². The maximum Gasteiger partial charge on any atom is 0.0739 e. The fraction of sp³-hybridized carbons (Fsp3) is 0.769. The van der Waals surface area contributed by atoms with Crippen molar-refractivity contribution in [3.8, 4) is 0 Å². The van der Waals surface area contributed by atoms with Crippen molar-refractivity contribution in [3.05, 3.63) is 15.9 Å². The van der Waals surface area contributed by atoms with Crippen molar-refractivity contribution in [2.24, 2.45) is 13.0 Å². The van der Waals surface area contributed by atoms with Crippen LogP contribution in [0.15, 0.2) is 4.47 Å². The molecule has 2 rings (SSSR count). The Balaban J connectivity index is 2.10. The molecule has 0 radical (unpaired) electrons. The third-order valence-electron chi connectivity index (χ3n) is 3.53. The highest BCUT2D eigenvalue weighted by atomic mass is 79.9. The molecule has 0 aromatic carbocycles. The van der Waals surface area contributed by atoms with Crippen LogP contribution in [0.1, 0.15) is 38.1 Å². The minimum Gasteiger partial charge on any atom is -0.295 e. The van der Waals surface area contributed by atoms with E-state index in [2.05, 4.69) is 39.8 Å². The molecule has 0 saturated heterocycles. The molecule has 0 aliphatic heterocycles. The molecule has 96 valence electrons. The van der Waals surface area contributed by atoms with Gasteiger partial charge in [0.2, 0.25) is 0 Å². The second-order valence-electron chi connectivity index (χ2n) is 5.44. The molecular formula is C13H22BrN3. The number of rotatable bonds is 5. The van der Waals surface area contributed by atoms with Gasteiger partial charge >= 0.3 is 0 Å². The van der Waals surface area contributed by atoms with E-state index in [1.165, 1.54) is 29.6 Å². The lowest BCUT2D eigenvalue weighted by Gasteiger charge is -2.26. The molecule has 0 spiro atoms. The molecule has 0 atom stereocenters. The smallest absolute Gasteiger partial charge is 0.0739 e. The van der Waals surface area contributed by atoms with Crippen LogP contribution < -0.4 is 0 Å². The summed E-state index contributed by atoms with van der Waals surface area (Å²) in [6.45, 7) is 8.83. The highest BCUT2D eigenvalue weighted by Crippen LogP contribution is 2.31. The number of nitrogens with zero attached hydrogens (tertiary/aromatic N) is 3. The van der Waals surface area contributed by atoms with Crippen molar-refractivity contribution >= 4 is 15.9 Å². The largest absolute Gasteiger partial charge is 0.295 e. The van der Waals surface area contributed by atoms with Crippen LogP contribution in [0.3, 0.4) is 0 Å². The van der Waals surface area contributed by atoms with E-state index in [0.29, 0.717) is 6.04 Å². The second-order valence-corrected chi connectivity index (χ2v) is 6.23. The average molecular weight is 300 g/mol. The van der Waals surface area contributed by atoms with Crippen LogP contribution in [0, 0.1) is 12.8 Å². The van der Waals surface area contributed by atoms with Gasteiger partial charge in [-0.2, -0.15) is 5.10 Å². The molecule has 3 nitrogen and oxygen atoms in total. The topological polar surface area (TPSA) is 21.1 Å². The molecule has 1 aromatic heterocycles. The number of aryl methyl sites for hydroxylation is 2. The molecular weight excluding hydrogens is 278 g/mol. The summed E-state index contributed by atoms with van der Waals surface area (Å²) in [6, 6.07) is 0.595. The predicted octanol–water partition coefficient (Wildman–Crippen LogP) is 3.11. The van der Waals surface area contributed by atoms with Crippen molar-refractivity contribution in [2.75, 3.05) is 6.54 Å². The Hall–Kier alpha value is -0.350. The Bertz CT molecular complexity index is 394. The third-order valence-corrected chi connectivity index (χ3v) is 4.57. The van der Waals surface area contributed by atoms with Crippen molar-refractivity contribution in [1.29, 1.82) is 0 Å². The van der Waals surface area contributed by atoms with E-state index < -0.39 is 0 Å². The quantitative estimate of drug-likeness (QED) is 0.833. The number of halogens is 1. The minimum absolute atomic E-state index is 0.595. The fourth-order valence-corrected chi connectivity index (χ4v) is 2.60. The van der Waals surface area contributed by atoms with Crippen LogP contribution in [0.4, 0.5) is 0 Å². The molecule has 0 N–H and O–H groups in total. The van der Waals surface area contributed by atoms with Gasteiger partial charge in [0.05, 0.1) is 15.9 Å². The monoisotopic (exact) mass is 299 g/mol. The summed E-state index contributed by atoms with van der Waals surface area (Å²) in [5.74, 6) is 0.936. The van der Waals surface area contributed by atoms with Gasteiger partial charge in [0.25, 0.3) is 0 Å². The van der Waals surface area contributed by atoms with Crippen molar-refractivity contribution < 1.29 is 0 Å². The Morgan fingerprint density at radius 1 is 1.47 bits per heavy atom. The molecule has 1 fully saturated rings. The zero-order valence-electron chi connectivity index (χ0n) is 11.2. The summed E-state index contributed by atoms with van der Waals surface area (Å²) in [4.78, 5) is 2.55. The van der Waals surface area contributed by atoms with Crippen molar-refractivity contribution in [2.45, 2.75) is 46.2 Å². The molecule has 0 unspecified atom stereocenters. The van der Waals surface area contributed by atoms with Gasteiger partial charge in [-0.15, -0.1) is 0 Å². The van der Waals surface area contributed by atoms with Gasteiger partial charge in [-0.1, -0.05) is 0 Å². The van der Waals surface area contributed by atoms with Crippen LogP contribution in [0.2, 0.25) is 0 Å². The van der Waals surface area contributed by atoms with Crippen LogP contribution in [-0.4, -0.2) is 27.3 Å². The molecule has 1 saturated carbocycles. The summed E-state index contributed by atoms with van der Waals surface area (Å²) >= 11 is 3.65.